The van der Waals surface area contributed by atoms with Crippen LogP contribution < -0.4 is 0 Å². The van der Waals surface area contributed by atoms with Crippen molar-refractivity contribution in [3.63, 3.8) is 0 Å². The maximum Gasteiger partial charge on any atom is -0.0292 e. The highest BCUT2D eigenvalue weighted by molar-refractivity contribution is 5.03. The fourth-order valence-corrected chi connectivity index (χ4v) is 22.0. The van der Waals surface area contributed by atoms with E-state index in [9.17, 15) is 0 Å². The summed E-state index contributed by atoms with van der Waals surface area (Å²) in [5.74, 6) is 17.2. The summed E-state index contributed by atoms with van der Waals surface area (Å²) < 4.78 is 0. The molecule has 18 saturated carbocycles. The van der Waals surface area contributed by atoms with Gasteiger partial charge in [-0.05, 0) is 305 Å². The van der Waals surface area contributed by atoms with Crippen molar-refractivity contribution in [2.45, 2.75) is 338 Å². The van der Waals surface area contributed by atoms with E-state index in [2.05, 4.69) is 138 Å². The Hall–Kier alpha value is 0. The minimum Gasteiger partial charge on any atom is -0.0651 e. The fourth-order valence-electron chi connectivity index (χ4n) is 22.0. The Morgan fingerprint density at radius 1 is 0.373 bits per heavy atom. The highest BCUT2D eigenvalue weighted by Gasteiger charge is 2.52. The quantitative estimate of drug-likeness (QED) is 0.264. The third-order valence-electron chi connectivity index (χ3n) is 29.7. The van der Waals surface area contributed by atoms with Crippen molar-refractivity contribution in [1.82, 2.24) is 0 Å². The van der Waals surface area contributed by atoms with E-state index in [0.29, 0.717) is 32.5 Å². The van der Waals surface area contributed by atoms with Gasteiger partial charge in [0.25, 0.3) is 0 Å². The summed E-state index contributed by atoms with van der Waals surface area (Å²) >= 11 is 0. The zero-order chi connectivity index (χ0) is 55.2. The van der Waals surface area contributed by atoms with Crippen molar-refractivity contribution < 1.29 is 0 Å². The van der Waals surface area contributed by atoms with E-state index in [1.165, 1.54) is 128 Å². The second-order valence-corrected chi connectivity index (χ2v) is 35.8. The van der Waals surface area contributed by atoms with Gasteiger partial charge < -0.3 is 0 Å². The van der Waals surface area contributed by atoms with E-state index in [1.54, 1.807) is 70.6 Å². The van der Waals surface area contributed by atoms with Gasteiger partial charge in [0.15, 0.2) is 0 Å². The molecular weight excluding hydrogens is 901 g/mol. The third kappa shape index (κ3) is 14.4. The van der Waals surface area contributed by atoms with Crippen LogP contribution in [0.1, 0.15) is 338 Å². The molecule has 0 aromatic carbocycles. The van der Waals surface area contributed by atoms with Crippen molar-refractivity contribution in [2.75, 3.05) is 0 Å². The summed E-state index contributed by atoms with van der Waals surface area (Å²) in [7, 11) is 0. The molecule has 0 aromatic rings. The molecule has 18 aliphatic rings. The lowest BCUT2D eigenvalue weighted by atomic mass is 9.49. The second-order valence-electron chi connectivity index (χ2n) is 35.8. The van der Waals surface area contributed by atoms with Crippen LogP contribution in [0.2, 0.25) is 0 Å². The lowest BCUT2D eigenvalue weighted by molar-refractivity contribution is -0.0545. The van der Waals surface area contributed by atoms with Crippen LogP contribution in [-0.2, 0) is 0 Å². The normalized spacial score (nSPS) is 45.4. The largest absolute Gasteiger partial charge is 0.0651 e. The summed E-state index contributed by atoms with van der Waals surface area (Å²) in [6.45, 7) is 48.6. The summed E-state index contributed by atoms with van der Waals surface area (Å²) in [5.41, 5.74) is 5.02. The van der Waals surface area contributed by atoms with Crippen LogP contribution in [-0.4, -0.2) is 0 Å². The topological polar surface area (TPSA) is 0 Å². The van der Waals surface area contributed by atoms with E-state index in [4.69, 9.17) is 0 Å². The van der Waals surface area contributed by atoms with Crippen LogP contribution in [0.5, 0.6) is 0 Å². The molecule has 18 aliphatic carbocycles. The smallest absolute Gasteiger partial charge is 0.0292 e. The van der Waals surface area contributed by atoms with Crippen molar-refractivity contribution in [1.29, 1.82) is 0 Å². The Bertz CT molecular complexity index is 1620. The molecule has 18 fully saturated rings. The molecule has 0 spiro atoms. The molecule has 0 radical (unpaired) electrons. The first-order chi connectivity index (χ1) is 34.9. The maximum atomic E-state index is 2.49. The van der Waals surface area contributed by atoms with Gasteiger partial charge >= 0.3 is 0 Å². The third-order valence-corrected chi connectivity index (χ3v) is 29.7. The summed E-state index contributed by atoms with van der Waals surface area (Å²) in [6, 6.07) is 0. The molecule has 12 bridgehead atoms. The maximum absolute atomic E-state index is 2.49. The zero-order valence-corrected chi connectivity index (χ0v) is 55.2. The first kappa shape index (κ1) is 62.6. The van der Waals surface area contributed by atoms with Crippen LogP contribution in [0.25, 0.3) is 0 Å². The molecule has 1 unspecified atom stereocenters. The summed E-state index contributed by atoms with van der Waals surface area (Å²) in [5, 5.41) is 0. The zero-order valence-electron chi connectivity index (χ0n) is 55.2. The van der Waals surface area contributed by atoms with Crippen molar-refractivity contribution >= 4 is 0 Å². The molecule has 75 heavy (non-hydrogen) atoms. The van der Waals surface area contributed by atoms with Gasteiger partial charge in [-0.15, -0.1) is 0 Å². The first-order valence-corrected chi connectivity index (χ1v) is 34.9. The van der Waals surface area contributed by atoms with Gasteiger partial charge in [-0.3, -0.25) is 0 Å². The van der Waals surface area contributed by atoms with Crippen molar-refractivity contribution in [2.24, 2.45) is 138 Å². The number of rotatable bonds is 3. The Balaban J connectivity index is 0.000000128. The van der Waals surface area contributed by atoms with Gasteiger partial charge in [0.05, 0.1) is 0 Å². The molecule has 5 atom stereocenters. The number of hydrogen-bond acceptors (Lipinski definition) is 0. The molecular formula is C75H138. The van der Waals surface area contributed by atoms with Gasteiger partial charge in [-0.1, -0.05) is 171 Å². The number of fused-ring (bicyclic) bond motifs is 12. The van der Waals surface area contributed by atoms with Crippen molar-refractivity contribution in [3.05, 3.63) is 0 Å². The van der Waals surface area contributed by atoms with E-state index in [1.807, 2.05) is 0 Å². The Morgan fingerprint density at radius 2 is 0.787 bits per heavy atom. The number of hydrogen-bond donors (Lipinski definition) is 0. The SMILES string of the molecule is CC1C2CCC(CC2)[C@H]1C.CCC1(C)CC(C)(C)C(C)(C)C1.CCC12CC3CC(CC(C3)C1)C2.CCC1CC(C)(C)C(C)(C)C1.C[C@@H]1C2CCC(CC2)C1(C)C.C[C@H]1CC2CCC1(C)CC2.C[C@H]1CC2CCC1CC2. The van der Waals surface area contributed by atoms with Crippen LogP contribution in [0, 0.1) is 138 Å². The van der Waals surface area contributed by atoms with E-state index in [-0.39, 0.29) is 0 Å². The van der Waals surface area contributed by atoms with Crippen LogP contribution in [0.3, 0.4) is 0 Å². The molecule has 0 saturated heterocycles. The van der Waals surface area contributed by atoms with Crippen LogP contribution in [0.4, 0.5) is 0 Å². The van der Waals surface area contributed by atoms with Gasteiger partial charge in [0.1, 0.15) is 0 Å². The minimum atomic E-state index is 0.526. The van der Waals surface area contributed by atoms with E-state index in [0.717, 1.165) is 106 Å². The standard InChI is InChI=1S/C12H20.C12H24.C11H20.C11H22.2C10H18.C9H16/c1-2-12-6-9-3-10(7-12)5-11(4-9)8-12;1-7-12(6)8-10(2,3)11(4,5)9-12;1-8-9-4-6-10(7-5-9)11(8,2)3;1-6-9-7-10(2,3)11(4,5)8-9;1-8-7-9-3-5-10(8,2)6-4-9;1-7-8(2)10-5-3-9(7)4-6-10;1-7-6-8-2-4-9(7)5-3-8/h9-11H,2-8H2,1H3;7-9H2,1-6H3;8-10H,4-7H2,1-3H3;9H,6-8H2,1-5H3;8-9H,3-7H2,1-2H3;7-10H,3-6H2,1-2H3;7-9H,2-6H2,1H3/t;;8-,9?,10?;;8-,9?,10?;7-,8?,9?,10?;7-,8?,9?/m..1.000/s1. The molecule has 18 rings (SSSR count). The second kappa shape index (κ2) is 24.4. The summed E-state index contributed by atoms with van der Waals surface area (Å²) in [4.78, 5) is 0. The van der Waals surface area contributed by atoms with Gasteiger partial charge in [0, 0.05) is 0 Å². The molecule has 0 aromatic heterocycles. The Morgan fingerprint density at radius 3 is 1.03 bits per heavy atom. The van der Waals surface area contributed by atoms with E-state index < -0.39 is 0 Å². The van der Waals surface area contributed by atoms with Gasteiger partial charge in [0.2, 0.25) is 0 Å². The average molecular weight is 1040 g/mol. The Kier molecular flexibility index (Phi) is 20.4. The molecule has 0 aliphatic heterocycles. The van der Waals surface area contributed by atoms with Crippen LogP contribution >= 0.6 is 0 Å². The molecule has 0 N–H and O–H groups in total. The fraction of sp³-hybridized carbons (Fsp3) is 1.00. The molecule has 0 nitrogen and oxygen atoms in total. The average Bonchev–Trinajstić information content (AvgIpc) is 3.69. The highest BCUT2D eigenvalue weighted by Crippen LogP contribution is 2.63. The molecule has 0 heteroatoms. The lowest BCUT2D eigenvalue weighted by Crippen LogP contribution is -2.45. The van der Waals surface area contributed by atoms with E-state index >= 15 is 0 Å². The summed E-state index contributed by atoms with van der Waals surface area (Å²) in [6.07, 6.45) is 47.0. The van der Waals surface area contributed by atoms with Gasteiger partial charge in [-0.25, -0.2) is 0 Å². The Labute approximate surface area is 473 Å². The first-order valence-electron chi connectivity index (χ1n) is 34.9. The minimum absolute atomic E-state index is 0.526. The molecule has 438 valence electrons. The van der Waals surface area contributed by atoms with Gasteiger partial charge in [-0.2, -0.15) is 0 Å². The molecule has 0 amide bonds. The van der Waals surface area contributed by atoms with Crippen LogP contribution in [0.15, 0.2) is 0 Å². The lowest BCUT2D eigenvalue weighted by Gasteiger charge is -2.56. The molecule has 0 heterocycles. The van der Waals surface area contributed by atoms with Crippen molar-refractivity contribution in [3.8, 4) is 0 Å². The predicted octanol–water partition coefficient (Wildman–Crippen LogP) is 24.3. The monoisotopic (exact) mass is 1040 g/mol. The highest BCUT2D eigenvalue weighted by atomic mass is 14.6. The predicted molar refractivity (Wildman–Crippen MR) is 332 cm³/mol.